The van der Waals surface area contributed by atoms with E-state index in [1.807, 2.05) is 18.2 Å². The van der Waals surface area contributed by atoms with Gasteiger partial charge in [0.25, 0.3) is 0 Å². The smallest absolute Gasteiger partial charge is 0.224 e. The molecule has 0 aromatic heterocycles. The Labute approximate surface area is 120 Å². The van der Waals surface area contributed by atoms with Crippen LogP contribution in [0, 0.1) is 5.92 Å². The molecule has 2 rings (SSSR count). The first-order valence-electron chi connectivity index (χ1n) is 5.78. The minimum atomic E-state index is 0.143. The van der Waals surface area contributed by atoms with Gasteiger partial charge in [0.05, 0.1) is 20.1 Å². The number of halogens is 1. The van der Waals surface area contributed by atoms with Crippen LogP contribution in [0.5, 0.6) is 11.5 Å². The van der Waals surface area contributed by atoms with Crippen LogP contribution in [0.1, 0.15) is 12.0 Å². The zero-order valence-corrected chi connectivity index (χ0v) is 12.6. The molecule has 1 aliphatic carbocycles. The highest BCUT2D eigenvalue weighted by Gasteiger charge is 2.40. The molecule has 4 nitrogen and oxygen atoms in total. The molecule has 18 heavy (non-hydrogen) atoms. The third kappa shape index (κ3) is 3.07. The van der Waals surface area contributed by atoms with Crippen LogP contribution in [-0.2, 0) is 11.3 Å². The third-order valence-corrected chi connectivity index (χ3v) is 4.34. The van der Waals surface area contributed by atoms with Gasteiger partial charge >= 0.3 is 0 Å². The van der Waals surface area contributed by atoms with Crippen molar-refractivity contribution in [1.29, 1.82) is 0 Å². The van der Waals surface area contributed by atoms with Crippen LogP contribution in [0.4, 0.5) is 0 Å². The fourth-order valence-electron chi connectivity index (χ4n) is 1.75. The molecule has 1 fully saturated rings. The zero-order valence-electron chi connectivity index (χ0n) is 10.4. The summed E-state index contributed by atoms with van der Waals surface area (Å²) in [4.78, 5) is 11.7. The van der Waals surface area contributed by atoms with Gasteiger partial charge in [-0.3, -0.25) is 4.79 Å². The van der Waals surface area contributed by atoms with Crippen molar-refractivity contribution in [3.63, 3.8) is 0 Å². The molecule has 1 aromatic rings. The number of rotatable bonds is 5. The maximum atomic E-state index is 11.7. The molecule has 0 unspecified atom stereocenters. The number of carbonyl (C=O) groups is 1. The Morgan fingerprint density at radius 2 is 2.06 bits per heavy atom. The minimum absolute atomic E-state index is 0.143. The summed E-state index contributed by atoms with van der Waals surface area (Å²) in [6, 6.07) is 5.65. The first-order chi connectivity index (χ1) is 8.65. The Bertz CT molecular complexity index is 450. The van der Waals surface area contributed by atoms with Gasteiger partial charge in [-0.25, -0.2) is 0 Å². The van der Waals surface area contributed by atoms with Gasteiger partial charge in [0.15, 0.2) is 11.5 Å². The van der Waals surface area contributed by atoms with Crippen LogP contribution in [0.25, 0.3) is 0 Å². The summed E-state index contributed by atoms with van der Waals surface area (Å²) in [7, 11) is 3.21. The summed E-state index contributed by atoms with van der Waals surface area (Å²) in [5.74, 6) is 1.72. The lowest BCUT2D eigenvalue weighted by Gasteiger charge is -2.10. The van der Waals surface area contributed by atoms with E-state index in [0.29, 0.717) is 22.0 Å². The van der Waals surface area contributed by atoms with Gasteiger partial charge in [0.1, 0.15) is 0 Å². The van der Waals surface area contributed by atoms with Crippen molar-refractivity contribution < 1.29 is 14.3 Å². The fourth-order valence-corrected chi connectivity index (χ4v) is 2.62. The van der Waals surface area contributed by atoms with Crippen LogP contribution < -0.4 is 14.8 Å². The van der Waals surface area contributed by atoms with Crippen molar-refractivity contribution in [1.82, 2.24) is 5.32 Å². The van der Waals surface area contributed by atoms with Gasteiger partial charge < -0.3 is 14.8 Å². The Balaban J connectivity index is 1.95. The molecule has 0 radical (unpaired) electrons. The Morgan fingerprint density at radius 1 is 1.39 bits per heavy atom. The molecule has 0 bridgehead atoms. The second kappa shape index (κ2) is 5.77. The summed E-state index contributed by atoms with van der Waals surface area (Å²) in [5.41, 5.74) is 1.01. The quantitative estimate of drug-likeness (QED) is 0.646. The molecule has 0 spiro atoms. The number of hydrogen-bond acceptors (Lipinski definition) is 3. The first-order valence-corrected chi connectivity index (χ1v) is 7.03. The number of benzene rings is 1. The average Bonchev–Trinajstić information content (AvgIpc) is 3.12. The average molecular weight is 361 g/mol. The molecule has 1 N–H and O–H groups in total. The van der Waals surface area contributed by atoms with Crippen LogP contribution in [0.3, 0.4) is 0 Å². The van der Waals surface area contributed by atoms with Gasteiger partial charge in [-0.2, -0.15) is 0 Å². The zero-order chi connectivity index (χ0) is 13.1. The fraction of sp³-hybridized carbons (Fsp3) is 0.462. The number of hydrogen-bond donors (Lipinski definition) is 1. The molecular formula is C13H16INO3. The van der Waals surface area contributed by atoms with E-state index in [9.17, 15) is 4.79 Å². The number of carbonyl (C=O) groups excluding carboxylic acids is 1. The highest BCUT2D eigenvalue weighted by atomic mass is 127. The number of alkyl halides is 1. The van der Waals surface area contributed by atoms with E-state index in [1.165, 1.54) is 0 Å². The molecule has 1 saturated carbocycles. The standard InChI is InChI=1S/C13H16INO3/c1-17-11-4-3-8(5-12(11)18-2)7-15-13(16)9-6-10(9)14/h3-5,9-10H,6-7H2,1-2H3,(H,15,16)/t9-,10+/m1/s1. The molecule has 0 heterocycles. The maximum absolute atomic E-state index is 11.7. The highest BCUT2D eigenvalue weighted by Crippen LogP contribution is 2.38. The summed E-state index contributed by atoms with van der Waals surface area (Å²) in [5, 5.41) is 2.94. The van der Waals surface area contributed by atoms with Crippen LogP contribution in [0.2, 0.25) is 0 Å². The van der Waals surface area contributed by atoms with Gasteiger partial charge in [0.2, 0.25) is 5.91 Å². The number of methoxy groups -OCH3 is 2. The van der Waals surface area contributed by atoms with Gasteiger partial charge in [-0.15, -0.1) is 0 Å². The lowest BCUT2D eigenvalue weighted by Crippen LogP contribution is -2.25. The van der Waals surface area contributed by atoms with Gasteiger partial charge in [-0.1, -0.05) is 28.7 Å². The van der Waals surface area contributed by atoms with Crippen molar-refractivity contribution in [2.24, 2.45) is 5.92 Å². The van der Waals surface area contributed by atoms with E-state index in [0.717, 1.165) is 12.0 Å². The summed E-state index contributed by atoms with van der Waals surface area (Å²) < 4.78 is 10.9. The molecule has 1 amide bonds. The highest BCUT2D eigenvalue weighted by molar-refractivity contribution is 14.1. The van der Waals surface area contributed by atoms with Crippen molar-refractivity contribution in [3.8, 4) is 11.5 Å². The van der Waals surface area contributed by atoms with Crippen LogP contribution in [0.15, 0.2) is 18.2 Å². The van der Waals surface area contributed by atoms with Gasteiger partial charge in [-0.05, 0) is 24.1 Å². The van der Waals surface area contributed by atoms with Gasteiger partial charge in [0, 0.05) is 10.5 Å². The predicted octanol–water partition coefficient (Wildman–Crippen LogP) is 2.14. The minimum Gasteiger partial charge on any atom is -0.493 e. The van der Waals surface area contributed by atoms with E-state index >= 15 is 0 Å². The van der Waals surface area contributed by atoms with E-state index in [1.54, 1.807) is 14.2 Å². The molecule has 98 valence electrons. The lowest BCUT2D eigenvalue weighted by molar-refractivity contribution is -0.122. The molecule has 1 aromatic carbocycles. The van der Waals surface area contributed by atoms with E-state index in [2.05, 4.69) is 27.9 Å². The van der Waals surface area contributed by atoms with Crippen LogP contribution in [-0.4, -0.2) is 24.1 Å². The Morgan fingerprint density at radius 3 is 2.61 bits per heavy atom. The van der Waals surface area contributed by atoms with E-state index in [4.69, 9.17) is 9.47 Å². The van der Waals surface area contributed by atoms with Crippen LogP contribution >= 0.6 is 22.6 Å². The second-order valence-corrected chi connectivity index (χ2v) is 5.87. The summed E-state index contributed by atoms with van der Waals surface area (Å²) in [6.07, 6.45) is 0.998. The largest absolute Gasteiger partial charge is 0.493 e. The molecular weight excluding hydrogens is 345 g/mol. The summed E-state index contributed by atoms with van der Waals surface area (Å²) in [6.45, 7) is 0.527. The number of nitrogens with one attached hydrogen (secondary N) is 1. The SMILES string of the molecule is COc1ccc(CNC(=O)[C@@H]2C[C@@H]2I)cc1OC. The number of amides is 1. The maximum Gasteiger partial charge on any atom is 0.224 e. The number of ether oxygens (including phenoxy) is 2. The first kappa shape index (κ1) is 13.5. The third-order valence-electron chi connectivity index (χ3n) is 2.96. The Hall–Kier alpha value is -0.980. The van der Waals surface area contributed by atoms with Crippen molar-refractivity contribution in [3.05, 3.63) is 23.8 Å². The predicted molar refractivity (Wildman–Crippen MR) is 77.3 cm³/mol. The molecule has 0 saturated heterocycles. The molecule has 5 heteroatoms. The Kier molecular flexibility index (Phi) is 4.31. The second-order valence-electron chi connectivity index (χ2n) is 4.27. The monoisotopic (exact) mass is 361 g/mol. The topological polar surface area (TPSA) is 47.6 Å². The van der Waals surface area contributed by atoms with Crippen molar-refractivity contribution >= 4 is 28.5 Å². The molecule has 1 aliphatic rings. The molecule has 0 aliphatic heterocycles. The lowest BCUT2D eigenvalue weighted by atomic mass is 10.2. The van der Waals surface area contributed by atoms with Crippen molar-refractivity contribution in [2.45, 2.75) is 16.9 Å². The van der Waals surface area contributed by atoms with E-state index < -0.39 is 0 Å². The van der Waals surface area contributed by atoms with Crippen molar-refractivity contribution in [2.75, 3.05) is 14.2 Å². The molecule has 2 atom stereocenters. The normalized spacial score (nSPS) is 21.3. The summed E-state index contributed by atoms with van der Waals surface area (Å²) >= 11 is 2.31. The van der Waals surface area contributed by atoms with E-state index in [-0.39, 0.29) is 11.8 Å².